The molecule has 0 amide bonds. The SMILES string of the molecule is N#CCC(N)c1cccc(C(=O)O)n1. The smallest absolute Gasteiger partial charge is 0.354 e. The van der Waals surface area contributed by atoms with Crippen molar-refractivity contribution in [3.63, 3.8) is 0 Å². The van der Waals surface area contributed by atoms with E-state index in [1.54, 1.807) is 12.1 Å². The Morgan fingerprint density at radius 1 is 1.71 bits per heavy atom. The van der Waals surface area contributed by atoms with Crippen molar-refractivity contribution < 1.29 is 9.90 Å². The molecule has 0 aromatic carbocycles. The van der Waals surface area contributed by atoms with E-state index in [2.05, 4.69) is 4.98 Å². The number of nitrogens with zero attached hydrogens (tertiary/aromatic N) is 2. The van der Waals surface area contributed by atoms with Gasteiger partial charge in [0.25, 0.3) is 0 Å². The van der Waals surface area contributed by atoms with Gasteiger partial charge in [0.15, 0.2) is 0 Å². The molecule has 0 fully saturated rings. The molecule has 14 heavy (non-hydrogen) atoms. The first kappa shape index (κ1) is 10.2. The molecule has 0 bridgehead atoms. The summed E-state index contributed by atoms with van der Waals surface area (Å²) in [6, 6.07) is 5.92. The maximum Gasteiger partial charge on any atom is 0.354 e. The van der Waals surface area contributed by atoms with E-state index in [9.17, 15) is 4.79 Å². The summed E-state index contributed by atoms with van der Waals surface area (Å²) in [5.74, 6) is -1.10. The van der Waals surface area contributed by atoms with Crippen molar-refractivity contribution >= 4 is 5.97 Å². The minimum atomic E-state index is -1.10. The van der Waals surface area contributed by atoms with Crippen molar-refractivity contribution in [2.24, 2.45) is 5.73 Å². The molecule has 0 saturated heterocycles. The summed E-state index contributed by atoms with van der Waals surface area (Å²) in [5, 5.41) is 17.1. The van der Waals surface area contributed by atoms with Gasteiger partial charge in [-0.2, -0.15) is 5.26 Å². The Morgan fingerprint density at radius 3 is 3.00 bits per heavy atom. The molecule has 72 valence electrons. The van der Waals surface area contributed by atoms with Gasteiger partial charge in [-0.25, -0.2) is 9.78 Å². The molecule has 1 atom stereocenters. The van der Waals surface area contributed by atoms with Crippen molar-refractivity contribution in [1.82, 2.24) is 4.98 Å². The molecule has 1 aromatic heterocycles. The molecule has 3 N–H and O–H groups in total. The molecular formula is C9H9N3O2. The lowest BCUT2D eigenvalue weighted by Crippen LogP contribution is -2.13. The monoisotopic (exact) mass is 191 g/mol. The first-order chi connectivity index (χ1) is 6.65. The number of hydrogen-bond acceptors (Lipinski definition) is 4. The Bertz CT molecular complexity index is 384. The van der Waals surface area contributed by atoms with Crippen LogP contribution in [0.25, 0.3) is 0 Å². The summed E-state index contributed by atoms with van der Waals surface area (Å²) in [5.41, 5.74) is 5.96. The number of carbonyl (C=O) groups is 1. The van der Waals surface area contributed by atoms with Crippen LogP contribution >= 0.6 is 0 Å². The van der Waals surface area contributed by atoms with Gasteiger partial charge in [-0.3, -0.25) is 0 Å². The summed E-state index contributed by atoms with van der Waals surface area (Å²) in [7, 11) is 0. The molecule has 0 aliphatic heterocycles. The van der Waals surface area contributed by atoms with E-state index in [4.69, 9.17) is 16.1 Å². The fraction of sp³-hybridized carbons (Fsp3) is 0.222. The van der Waals surface area contributed by atoms with Crippen molar-refractivity contribution in [1.29, 1.82) is 5.26 Å². The molecule has 1 unspecified atom stereocenters. The van der Waals surface area contributed by atoms with E-state index in [-0.39, 0.29) is 12.1 Å². The first-order valence-electron chi connectivity index (χ1n) is 3.98. The maximum absolute atomic E-state index is 10.6. The molecule has 5 heteroatoms. The predicted molar refractivity (Wildman–Crippen MR) is 48.4 cm³/mol. The van der Waals surface area contributed by atoms with Gasteiger partial charge >= 0.3 is 5.97 Å². The number of carboxylic acid groups (broad SMARTS) is 1. The van der Waals surface area contributed by atoms with Crippen LogP contribution in [0.5, 0.6) is 0 Å². The first-order valence-corrected chi connectivity index (χ1v) is 3.98. The van der Waals surface area contributed by atoms with Crippen molar-refractivity contribution in [3.05, 3.63) is 29.6 Å². The lowest BCUT2D eigenvalue weighted by atomic mass is 10.1. The fourth-order valence-electron chi connectivity index (χ4n) is 0.980. The number of nitriles is 1. The molecule has 0 aliphatic carbocycles. The van der Waals surface area contributed by atoms with Gasteiger partial charge in [0.2, 0.25) is 0 Å². The van der Waals surface area contributed by atoms with Crippen molar-refractivity contribution in [2.45, 2.75) is 12.5 Å². The molecule has 0 saturated carbocycles. The average molecular weight is 191 g/mol. The third-order valence-electron chi connectivity index (χ3n) is 1.68. The maximum atomic E-state index is 10.6. The largest absolute Gasteiger partial charge is 0.477 e. The molecule has 0 radical (unpaired) electrons. The van der Waals surface area contributed by atoms with Crippen LogP contribution in [0.15, 0.2) is 18.2 Å². The lowest BCUT2D eigenvalue weighted by Gasteiger charge is -2.06. The van der Waals surface area contributed by atoms with Crippen molar-refractivity contribution in [3.8, 4) is 6.07 Å². The summed E-state index contributed by atoms with van der Waals surface area (Å²) >= 11 is 0. The van der Waals surface area contributed by atoms with E-state index < -0.39 is 12.0 Å². The van der Waals surface area contributed by atoms with Gasteiger partial charge in [0.05, 0.1) is 24.2 Å². The van der Waals surface area contributed by atoms with E-state index >= 15 is 0 Å². The Morgan fingerprint density at radius 2 is 2.43 bits per heavy atom. The standard InChI is InChI=1S/C9H9N3O2/c10-5-4-6(11)7-2-1-3-8(12-7)9(13)14/h1-3,6H,4,11H2,(H,13,14). The third kappa shape index (κ3) is 2.28. The lowest BCUT2D eigenvalue weighted by molar-refractivity contribution is 0.0690. The molecular weight excluding hydrogens is 182 g/mol. The molecule has 1 rings (SSSR count). The molecule has 5 nitrogen and oxygen atoms in total. The van der Waals surface area contributed by atoms with Crippen LogP contribution in [0.3, 0.4) is 0 Å². The second-order valence-electron chi connectivity index (χ2n) is 2.72. The van der Waals surface area contributed by atoms with Crippen LogP contribution in [0.4, 0.5) is 0 Å². The summed E-state index contributed by atoms with van der Waals surface area (Å²) in [6.07, 6.45) is 0.121. The van der Waals surface area contributed by atoms with Gasteiger partial charge in [0.1, 0.15) is 5.69 Å². The van der Waals surface area contributed by atoms with E-state index in [0.29, 0.717) is 5.69 Å². The van der Waals surface area contributed by atoms with E-state index in [1.165, 1.54) is 6.07 Å². The van der Waals surface area contributed by atoms with Gasteiger partial charge < -0.3 is 10.8 Å². The summed E-state index contributed by atoms with van der Waals surface area (Å²) in [6.45, 7) is 0. The van der Waals surface area contributed by atoms with E-state index in [1.807, 2.05) is 6.07 Å². The normalized spacial score (nSPS) is 11.7. The highest BCUT2D eigenvalue weighted by atomic mass is 16.4. The zero-order valence-electron chi connectivity index (χ0n) is 7.34. The molecule has 0 aliphatic rings. The van der Waals surface area contributed by atoms with Gasteiger partial charge in [-0.05, 0) is 12.1 Å². The highest BCUT2D eigenvalue weighted by Crippen LogP contribution is 2.10. The Hall–Kier alpha value is -1.93. The quantitative estimate of drug-likeness (QED) is 0.732. The van der Waals surface area contributed by atoms with Crippen LogP contribution in [0, 0.1) is 11.3 Å². The van der Waals surface area contributed by atoms with Crippen LogP contribution in [-0.2, 0) is 0 Å². The van der Waals surface area contributed by atoms with Crippen LogP contribution in [0.2, 0.25) is 0 Å². The zero-order valence-corrected chi connectivity index (χ0v) is 7.34. The second kappa shape index (κ2) is 4.35. The average Bonchev–Trinajstić information content (AvgIpc) is 2.18. The molecule has 1 heterocycles. The second-order valence-corrected chi connectivity index (χ2v) is 2.72. The highest BCUT2D eigenvalue weighted by Gasteiger charge is 2.10. The summed E-state index contributed by atoms with van der Waals surface area (Å²) < 4.78 is 0. The highest BCUT2D eigenvalue weighted by molar-refractivity contribution is 5.85. The van der Waals surface area contributed by atoms with Crippen molar-refractivity contribution in [2.75, 3.05) is 0 Å². The zero-order chi connectivity index (χ0) is 10.6. The number of hydrogen-bond donors (Lipinski definition) is 2. The number of aromatic nitrogens is 1. The van der Waals surface area contributed by atoms with Gasteiger partial charge in [-0.15, -0.1) is 0 Å². The summed E-state index contributed by atoms with van der Waals surface area (Å²) in [4.78, 5) is 14.4. The Labute approximate surface area is 80.8 Å². The number of carboxylic acids is 1. The molecule has 1 aromatic rings. The Balaban J connectivity index is 2.94. The van der Waals surface area contributed by atoms with E-state index in [0.717, 1.165) is 0 Å². The topological polar surface area (TPSA) is 100 Å². The Kier molecular flexibility index (Phi) is 3.15. The number of nitrogens with two attached hydrogens (primary N) is 1. The van der Waals surface area contributed by atoms with Crippen LogP contribution in [0.1, 0.15) is 28.6 Å². The van der Waals surface area contributed by atoms with Crippen LogP contribution in [-0.4, -0.2) is 16.1 Å². The van der Waals surface area contributed by atoms with Crippen LogP contribution < -0.4 is 5.73 Å². The third-order valence-corrected chi connectivity index (χ3v) is 1.68. The number of rotatable bonds is 3. The van der Waals surface area contributed by atoms with Gasteiger partial charge in [0, 0.05) is 0 Å². The number of aromatic carboxylic acids is 1. The minimum absolute atomic E-state index is 0.0594. The predicted octanol–water partition coefficient (Wildman–Crippen LogP) is 0.693. The number of pyridine rings is 1. The molecule has 0 spiro atoms. The fourth-order valence-corrected chi connectivity index (χ4v) is 0.980. The minimum Gasteiger partial charge on any atom is -0.477 e. The van der Waals surface area contributed by atoms with Gasteiger partial charge in [-0.1, -0.05) is 6.07 Å².